The van der Waals surface area contributed by atoms with Crippen LogP contribution in [0.4, 0.5) is 0 Å². The van der Waals surface area contributed by atoms with Gasteiger partial charge in [0.05, 0.1) is 12.2 Å². The van der Waals surface area contributed by atoms with Crippen molar-refractivity contribution in [3.05, 3.63) is 41.5 Å². The molecule has 5 rings (SSSR count). The van der Waals surface area contributed by atoms with Gasteiger partial charge in [-0.25, -0.2) is 0 Å². The van der Waals surface area contributed by atoms with E-state index in [0.29, 0.717) is 0 Å². The lowest BCUT2D eigenvalue weighted by atomic mass is 9.92. The number of Topliss-reactive ketones (excluding diaryl/α,β-unsaturated/α-hetero) is 1. The molecule has 2 aromatic rings. The first-order valence-electron chi connectivity index (χ1n) is 13.1. The Morgan fingerprint density at radius 3 is 1.90 bits per heavy atom. The van der Waals surface area contributed by atoms with Crippen LogP contribution in [0.3, 0.4) is 0 Å². The molecule has 0 unspecified atom stereocenters. The Hall–Kier alpha value is -3.25. The maximum Gasteiger partial charge on any atom is 0.229 e. The number of aliphatic hydroxyl groups excluding tert-OH is 6. The van der Waals surface area contributed by atoms with Crippen LogP contribution in [-0.2, 0) is 14.2 Å². The van der Waals surface area contributed by atoms with E-state index >= 15 is 0 Å². The van der Waals surface area contributed by atoms with Gasteiger partial charge in [-0.15, -0.1) is 0 Å². The highest BCUT2D eigenvalue weighted by Gasteiger charge is 2.49. The number of hydrogen-bond acceptors (Lipinski definition) is 15. The summed E-state index contributed by atoms with van der Waals surface area (Å²) in [5, 5.41) is 91.8. The Balaban J connectivity index is 1.49. The second kappa shape index (κ2) is 11.4. The normalized spacial score (nSPS) is 38.4. The minimum absolute atomic E-state index is 0.121. The summed E-state index contributed by atoms with van der Waals surface area (Å²) in [6.07, 6.45) is -17.5. The molecular weight excluding hydrogens is 564 g/mol. The topological polar surface area (TPSA) is 245 Å². The van der Waals surface area contributed by atoms with Crippen molar-refractivity contribution in [2.75, 3.05) is 0 Å². The third-order valence-electron chi connectivity index (χ3n) is 7.57. The van der Waals surface area contributed by atoms with Gasteiger partial charge in [0.2, 0.25) is 12.1 Å². The molecule has 0 bridgehead atoms. The lowest BCUT2D eigenvalue weighted by molar-refractivity contribution is -0.304. The zero-order valence-electron chi connectivity index (χ0n) is 22.3. The summed E-state index contributed by atoms with van der Waals surface area (Å²) in [7, 11) is 0. The van der Waals surface area contributed by atoms with Crippen LogP contribution in [0.5, 0.6) is 28.7 Å². The molecule has 0 spiro atoms. The predicted molar refractivity (Wildman–Crippen MR) is 136 cm³/mol. The second-order valence-corrected chi connectivity index (χ2v) is 10.5. The summed E-state index contributed by atoms with van der Waals surface area (Å²) < 4.78 is 28.3. The maximum atomic E-state index is 13.8. The molecule has 0 aromatic heterocycles. The van der Waals surface area contributed by atoms with E-state index in [2.05, 4.69) is 0 Å². The molecule has 0 amide bonds. The van der Waals surface area contributed by atoms with Crippen molar-refractivity contribution in [3.8, 4) is 28.7 Å². The van der Waals surface area contributed by atoms with Gasteiger partial charge in [0.15, 0.2) is 30.0 Å². The van der Waals surface area contributed by atoms with E-state index in [1.165, 1.54) is 26.0 Å². The largest absolute Gasteiger partial charge is 0.507 e. The van der Waals surface area contributed by atoms with E-state index < -0.39 is 96.7 Å². The molecule has 0 saturated carbocycles. The van der Waals surface area contributed by atoms with Gasteiger partial charge < -0.3 is 69.6 Å². The third kappa shape index (κ3) is 5.34. The second-order valence-electron chi connectivity index (χ2n) is 10.5. The van der Waals surface area contributed by atoms with Crippen LogP contribution in [0.2, 0.25) is 0 Å². The summed E-state index contributed by atoms with van der Waals surface area (Å²) in [4.78, 5) is 13.8. The van der Waals surface area contributed by atoms with Crippen LogP contribution >= 0.6 is 0 Å². The van der Waals surface area contributed by atoms with E-state index in [4.69, 9.17) is 23.7 Å². The first-order chi connectivity index (χ1) is 19.8. The molecule has 12 atom stereocenters. The summed E-state index contributed by atoms with van der Waals surface area (Å²) >= 11 is 0. The highest BCUT2D eigenvalue weighted by Crippen LogP contribution is 2.45. The number of ketones is 1. The molecule has 230 valence electrons. The third-order valence-corrected chi connectivity index (χ3v) is 7.57. The smallest absolute Gasteiger partial charge is 0.229 e. The Morgan fingerprint density at radius 2 is 1.29 bits per heavy atom. The van der Waals surface area contributed by atoms with E-state index in [9.17, 15) is 50.8 Å². The minimum Gasteiger partial charge on any atom is -0.507 e. The standard InChI is InChI=1S/C27H32O15/c1-8-17(31)20(34)22(36)26(38-8)40-11-6-14(30)16-15(7-11)41-24(10-3-4-12(28)13(29)5-10)25(19(16)33)42-27-23(37)21(35)18(32)9(2)39-27/h3-9,17-18,20-32,34-37H,1-2H3/t8-,9-,17-,18-,20+,21+,22+,23+,24+,25-,26-,27-/m0/s1. The van der Waals surface area contributed by atoms with Crippen LogP contribution in [0.15, 0.2) is 30.3 Å². The van der Waals surface area contributed by atoms with E-state index in [1.54, 1.807) is 0 Å². The number of ether oxygens (including phenoxy) is 5. The van der Waals surface area contributed by atoms with Crippen molar-refractivity contribution < 1.29 is 74.4 Å². The maximum absolute atomic E-state index is 13.8. The van der Waals surface area contributed by atoms with Crippen molar-refractivity contribution in [3.63, 3.8) is 0 Å². The summed E-state index contributed by atoms with van der Waals surface area (Å²) in [6.45, 7) is 2.87. The average Bonchev–Trinajstić information content (AvgIpc) is 2.94. The zero-order chi connectivity index (χ0) is 30.6. The highest BCUT2D eigenvalue weighted by atomic mass is 16.7. The van der Waals surface area contributed by atoms with Crippen LogP contribution in [0.1, 0.15) is 35.9 Å². The van der Waals surface area contributed by atoms with E-state index in [1.807, 2.05) is 0 Å². The number of carbonyl (C=O) groups excluding carboxylic acids is 1. The summed E-state index contributed by atoms with van der Waals surface area (Å²) in [5.41, 5.74) is -0.240. The highest BCUT2D eigenvalue weighted by molar-refractivity contribution is 6.05. The van der Waals surface area contributed by atoms with Crippen molar-refractivity contribution in [1.82, 2.24) is 0 Å². The molecule has 2 saturated heterocycles. The summed E-state index contributed by atoms with van der Waals surface area (Å²) in [5.74, 6) is -2.88. The fourth-order valence-corrected chi connectivity index (χ4v) is 5.07. The van der Waals surface area contributed by atoms with Crippen LogP contribution < -0.4 is 9.47 Å². The van der Waals surface area contributed by atoms with Crippen LogP contribution in [-0.4, -0.2) is 119 Å². The molecule has 0 radical (unpaired) electrons. The molecule has 9 N–H and O–H groups in total. The number of fused-ring (bicyclic) bond motifs is 1. The van der Waals surface area contributed by atoms with E-state index in [0.717, 1.165) is 18.2 Å². The Labute approximate surface area is 238 Å². The molecule has 0 aliphatic carbocycles. The number of phenolic OH excluding ortho intramolecular Hbond substituents is 3. The van der Waals surface area contributed by atoms with Gasteiger partial charge >= 0.3 is 0 Å². The minimum atomic E-state index is -1.78. The number of carbonyl (C=O) groups is 1. The fraction of sp³-hybridized carbons (Fsp3) is 0.519. The first-order valence-corrected chi connectivity index (χ1v) is 13.1. The average molecular weight is 597 g/mol. The molecule has 2 fully saturated rings. The molecular formula is C27H32O15. The zero-order valence-corrected chi connectivity index (χ0v) is 22.3. The van der Waals surface area contributed by atoms with Crippen molar-refractivity contribution in [2.24, 2.45) is 0 Å². The quantitative estimate of drug-likeness (QED) is 0.179. The Bertz CT molecular complexity index is 1320. The van der Waals surface area contributed by atoms with Gasteiger partial charge in [0.1, 0.15) is 59.4 Å². The van der Waals surface area contributed by atoms with Crippen molar-refractivity contribution >= 4 is 5.78 Å². The number of aliphatic hydroxyl groups is 6. The number of hydrogen-bond donors (Lipinski definition) is 9. The molecule has 15 nitrogen and oxygen atoms in total. The molecule has 42 heavy (non-hydrogen) atoms. The van der Waals surface area contributed by atoms with Crippen LogP contribution in [0, 0.1) is 0 Å². The lowest BCUT2D eigenvalue weighted by Crippen LogP contribution is -2.59. The predicted octanol–water partition coefficient (Wildman–Crippen LogP) is -1.46. The number of benzene rings is 2. The fourth-order valence-electron chi connectivity index (χ4n) is 5.07. The van der Waals surface area contributed by atoms with Gasteiger partial charge in [-0.1, -0.05) is 6.07 Å². The Kier molecular flexibility index (Phi) is 8.23. The molecule has 2 aromatic carbocycles. The van der Waals surface area contributed by atoms with Crippen molar-refractivity contribution in [2.45, 2.75) is 87.5 Å². The number of phenols is 3. The first kappa shape index (κ1) is 30.2. The van der Waals surface area contributed by atoms with Crippen LogP contribution in [0.25, 0.3) is 0 Å². The molecule has 3 aliphatic rings. The Morgan fingerprint density at radius 1 is 0.690 bits per heavy atom. The molecule has 3 heterocycles. The van der Waals surface area contributed by atoms with Crippen molar-refractivity contribution in [1.29, 1.82) is 0 Å². The van der Waals surface area contributed by atoms with Gasteiger partial charge in [-0.05, 0) is 31.5 Å². The number of aromatic hydroxyl groups is 3. The summed E-state index contributed by atoms with van der Waals surface area (Å²) in [6, 6.07) is 5.79. The SMILES string of the molecule is C[C@@H]1O[C@@H](Oc2cc(O)c3c(c2)O[C@H](c2ccc(O)c(O)c2)[C@@H](O[C@@H]2O[C@@H](C)[C@H](O)[C@@H](O)[C@H]2O)C3=O)[C@H](O)[C@H](O)[C@H]1O. The van der Waals surface area contributed by atoms with Gasteiger partial charge in [-0.2, -0.15) is 0 Å². The molecule has 15 heteroatoms. The number of rotatable bonds is 5. The van der Waals surface area contributed by atoms with Gasteiger partial charge in [0, 0.05) is 12.1 Å². The van der Waals surface area contributed by atoms with Gasteiger partial charge in [-0.3, -0.25) is 4.79 Å². The van der Waals surface area contributed by atoms with E-state index in [-0.39, 0.29) is 22.6 Å². The van der Waals surface area contributed by atoms with Gasteiger partial charge in [0.25, 0.3) is 0 Å². The molecule has 3 aliphatic heterocycles. The monoisotopic (exact) mass is 596 g/mol. The lowest BCUT2D eigenvalue weighted by Gasteiger charge is -2.42.